The molecule has 1 heterocycles. The fourth-order valence-corrected chi connectivity index (χ4v) is 1.78. The monoisotopic (exact) mass is 265 g/mol. The molecule has 5 heteroatoms. The third-order valence-electron chi connectivity index (χ3n) is 2.67. The average molecular weight is 265 g/mol. The van der Waals surface area contributed by atoms with Gasteiger partial charge < -0.3 is 5.32 Å². The van der Waals surface area contributed by atoms with E-state index >= 15 is 0 Å². The molecule has 3 nitrogen and oxygen atoms in total. The van der Waals surface area contributed by atoms with E-state index in [1.807, 2.05) is 0 Å². The van der Waals surface area contributed by atoms with E-state index in [2.05, 4.69) is 24.3 Å². The lowest BCUT2D eigenvalue weighted by Gasteiger charge is -2.06. The predicted molar refractivity (Wildman–Crippen MR) is 70.0 cm³/mol. The van der Waals surface area contributed by atoms with Gasteiger partial charge in [-0.2, -0.15) is 5.10 Å². The molecule has 0 unspecified atom stereocenters. The minimum Gasteiger partial charge on any atom is -0.311 e. The van der Waals surface area contributed by atoms with Crippen molar-refractivity contribution in [3.8, 4) is 5.69 Å². The van der Waals surface area contributed by atoms with Crippen LogP contribution in [0.5, 0.6) is 0 Å². The Morgan fingerprint density at radius 3 is 2.53 bits per heavy atom. The third kappa shape index (κ3) is 3.38. The van der Waals surface area contributed by atoms with E-state index in [0.717, 1.165) is 12.2 Å². The van der Waals surface area contributed by atoms with E-state index in [4.69, 9.17) is 0 Å². The van der Waals surface area contributed by atoms with Gasteiger partial charge in [0.15, 0.2) is 11.6 Å². The standard InChI is InChI=1S/C14H17F2N3/c1-10(2)8-17-9-11-6-7-19(18-11)14-12(15)4-3-5-13(14)16/h3-7,10,17H,8-9H2,1-2H3. The quantitative estimate of drug-likeness (QED) is 0.901. The Morgan fingerprint density at radius 1 is 1.21 bits per heavy atom. The van der Waals surface area contributed by atoms with E-state index in [1.165, 1.54) is 22.9 Å². The van der Waals surface area contributed by atoms with Gasteiger partial charge >= 0.3 is 0 Å². The summed E-state index contributed by atoms with van der Waals surface area (Å²) in [6.07, 6.45) is 1.56. The summed E-state index contributed by atoms with van der Waals surface area (Å²) in [4.78, 5) is 0. The molecule has 1 aromatic carbocycles. The van der Waals surface area contributed by atoms with Crippen LogP contribution in [0.4, 0.5) is 8.78 Å². The van der Waals surface area contributed by atoms with E-state index in [9.17, 15) is 8.78 Å². The Balaban J connectivity index is 2.12. The van der Waals surface area contributed by atoms with Gasteiger partial charge in [0.05, 0.1) is 5.69 Å². The summed E-state index contributed by atoms with van der Waals surface area (Å²) >= 11 is 0. The third-order valence-corrected chi connectivity index (χ3v) is 2.67. The van der Waals surface area contributed by atoms with Crippen LogP contribution in [0.1, 0.15) is 19.5 Å². The molecule has 0 saturated heterocycles. The van der Waals surface area contributed by atoms with E-state index in [1.54, 1.807) is 12.3 Å². The first-order chi connectivity index (χ1) is 9.08. The van der Waals surface area contributed by atoms with Crippen LogP contribution in [0.25, 0.3) is 5.69 Å². The molecule has 2 aromatic rings. The maximum atomic E-state index is 13.6. The molecule has 0 spiro atoms. The van der Waals surface area contributed by atoms with Crippen LogP contribution in [0, 0.1) is 17.6 Å². The zero-order valence-corrected chi connectivity index (χ0v) is 11.0. The minimum atomic E-state index is -0.621. The predicted octanol–water partition coefficient (Wildman–Crippen LogP) is 2.90. The Bertz CT molecular complexity index is 529. The summed E-state index contributed by atoms with van der Waals surface area (Å²) in [5.41, 5.74) is 0.612. The SMILES string of the molecule is CC(C)CNCc1ccn(-c2c(F)cccc2F)n1. The molecule has 0 atom stereocenters. The van der Waals surface area contributed by atoms with Crippen LogP contribution in [0.15, 0.2) is 30.5 Å². The van der Waals surface area contributed by atoms with Gasteiger partial charge in [-0.05, 0) is 30.7 Å². The lowest BCUT2D eigenvalue weighted by molar-refractivity contribution is 0.541. The second-order valence-electron chi connectivity index (χ2n) is 4.85. The first-order valence-corrected chi connectivity index (χ1v) is 6.27. The van der Waals surface area contributed by atoms with Crippen LogP contribution >= 0.6 is 0 Å². The Hall–Kier alpha value is -1.75. The summed E-state index contributed by atoms with van der Waals surface area (Å²) in [5, 5.41) is 7.40. The van der Waals surface area contributed by atoms with Crippen LogP contribution in [-0.2, 0) is 6.54 Å². The molecular formula is C14H17F2N3. The second-order valence-corrected chi connectivity index (χ2v) is 4.85. The fourth-order valence-electron chi connectivity index (χ4n) is 1.78. The molecule has 1 aromatic heterocycles. The van der Waals surface area contributed by atoms with Crippen molar-refractivity contribution in [2.24, 2.45) is 5.92 Å². The molecule has 0 aliphatic carbocycles. The molecule has 0 amide bonds. The molecular weight excluding hydrogens is 248 g/mol. The number of aromatic nitrogens is 2. The molecule has 0 saturated carbocycles. The zero-order valence-electron chi connectivity index (χ0n) is 11.0. The number of nitrogens with one attached hydrogen (secondary N) is 1. The highest BCUT2D eigenvalue weighted by molar-refractivity contribution is 5.34. The van der Waals surface area contributed by atoms with Crippen molar-refractivity contribution in [2.75, 3.05) is 6.54 Å². The fraction of sp³-hybridized carbons (Fsp3) is 0.357. The highest BCUT2D eigenvalue weighted by Crippen LogP contribution is 2.16. The van der Waals surface area contributed by atoms with Crippen molar-refractivity contribution in [2.45, 2.75) is 20.4 Å². The van der Waals surface area contributed by atoms with Gasteiger partial charge in [0, 0.05) is 12.7 Å². The lowest BCUT2D eigenvalue weighted by atomic mass is 10.2. The summed E-state index contributed by atoms with van der Waals surface area (Å²) < 4.78 is 28.4. The summed E-state index contributed by atoms with van der Waals surface area (Å²) in [5.74, 6) is -0.694. The smallest absolute Gasteiger partial charge is 0.151 e. The molecule has 0 aliphatic rings. The minimum absolute atomic E-state index is 0.141. The van der Waals surface area contributed by atoms with Crippen LogP contribution in [0.2, 0.25) is 0 Å². The maximum Gasteiger partial charge on any atom is 0.151 e. The first-order valence-electron chi connectivity index (χ1n) is 6.27. The highest BCUT2D eigenvalue weighted by atomic mass is 19.1. The topological polar surface area (TPSA) is 29.9 Å². The molecule has 102 valence electrons. The number of hydrogen-bond donors (Lipinski definition) is 1. The maximum absolute atomic E-state index is 13.6. The average Bonchev–Trinajstić information content (AvgIpc) is 2.77. The molecule has 0 aliphatic heterocycles. The van der Waals surface area contributed by atoms with Crippen LogP contribution < -0.4 is 5.32 Å². The van der Waals surface area contributed by atoms with Crippen molar-refractivity contribution in [1.29, 1.82) is 0 Å². The van der Waals surface area contributed by atoms with Crippen LogP contribution in [0.3, 0.4) is 0 Å². The van der Waals surface area contributed by atoms with E-state index in [0.29, 0.717) is 12.5 Å². The van der Waals surface area contributed by atoms with Crippen molar-refractivity contribution >= 4 is 0 Å². The van der Waals surface area contributed by atoms with Gasteiger partial charge in [-0.1, -0.05) is 19.9 Å². The number of halogens is 2. The van der Waals surface area contributed by atoms with Gasteiger partial charge in [0.2, 0.25) is 0 Å². The summed E-state index contributed by atoms with van der Waals surface area (Å²) in [6, 6.07) is 5.52. The molecule has 0 radical (unpaired) electrons. The Kier molecular flexibility index (Phi) is 4.27. The highest BCUT2D eigenvalue weighted by Gasteiger charge is 2.11. The second kappa shape index (κ2) is 5.93. The Labute approximate surface area is 111 Å². The van der Waals surface area contributed by atoms with Gasteiger partial charge in [0.1, 0.15) is 5.69 Å². The molecule has 19 heavy (non-hydrogen) atoms. The number of hydrogen-bond acceptors (Lipinski definition) is 2. The molecule has 0 fully saturated rings. The van der Waals surface area contributed by atoms with Gasteiger partial charge in [-0.15, -0.1) is 0 Å². The van der Waals surface area contributed by atoms with E-state index in [-0.39, 0.29) is 5.69 Å². The van der Waals surface area contributed by atoms with Crippen molar-refractivity contribution in [3.05, 3.63) is 47.8 Å². The number of nitrogens with zero attached hydrogens (tertiary/aromatic N) is 2. The van der Waals surface area contributed by atoms with Gasteiger partial charge in [-0.3, -0.25) is 0 Å². The first kappa shape index (κ1) is 13.7. The van der Waals surface area contributed by atoms with Crippen molar-refractivity contribution < 1.29 is 8.78 Å². The van der Waals surface area contributed by atoms with E-state index < -0.39 is 11.6 Å². The Morgan fingerprint density at radius 2 is 1.89 bits per heavy atom. The largest absolute Gasteiger partial charge is 0.311 e. The molecule has 1 N–H and O–H groups in total. The van der Waals surface area contributed by atoms with Gasteiger partial charge in [-0.25, -0.2) is 13.5 Å². The van der Waals surface area contributed by atoms with Crippen LogP contribution in [-0.4, -0.2) is 16.3 Å². The molecule has 0 bridgehead atoms. The van der Waals surface area contributed by atoms with Gasteiger partial charge in [0.25, 0.3) is 0 Å². The molecule has 2 rings (SSSR count). The summed E-state index contributed by atoms with van der Waals surface area (Å²) in [6.45, 7) is 5.68. The lowest BCUT2D eigenvalue weighted by Crippen LogP contribution is -2.19. The number of para-hydroxylation sites is 1. The summed E-state index contributed by atoms with van der Waals surface area (Å²) in [7, 11) is 0. The number of benzene rings is 1. The number of rotatable bonds is 5. The normalized spacial score (nSPS) is 11.2. The zero-order chi connectivity index (χ0) is 13.8. The van der Waals surface area contributed by atoms with Crippen molar-refractivity contribution in [1.82, 2.24) is 15.1 Å². The van der Waals surface area contributed by atoms with Crippen molar-refractivity contribution in [3.63, 3.8) is 0 Å².